The number of fused-ring (bicyclic) bond motifs is 1. The number of aliphatic imine (C=N–C) groups is 1. The molecule has 3 N–H and O–H groups in total. The van der Waals surface area contributed by atoms with E-state index < -0.39 is 0 Å². The van der Waals surface area contributed by atoms with Gasteiger partial charge in [-0.2, -0.15) is 0 Å². The number of para-hydroxylation sites is 2. The first-order valence-corrected chi connectivity index (χ1v) is 9.18. The molecule has 1 atom stereocenters. The van der Waals surface area contributed by atoms with Crippen LogP contribution in [0.15, 0.2) is 65.8 Å². The average molecular weight is 360 g/mol. The van der Waals surface area contributed by atoms with E-state index in [2.05, 4.69) is 29.1 Å². The van der Waals surface area contributed by atoms with E-state index in [1.165, 1.54) is 0 Å². The lowest BCUT2D eigenvalue weighted by Crippen LogP contribution is -2.37. The van der Waals surface area contributed by atoms with Gasteiger partial charge in [0.05, 0.1) is 16.8 Å². The Kier molecular flexibility index (Phi) is 5.81. The number of rotatable bonds is 5. The molecule has 27 heavy (non-hydrogen) atoms. The molecule has 2 aromatic carbocycles. The summed E-state index contributed by atoms with van der Waals surface area (Å²) in [5, 5.41) is 3.56. The number of nitrogens with two attached hydrogens (primary N) is 1. The summed E-state index contributed by atoms with van der Waals surface area (Å²) >= 11 is 0. The number of benzene rings is 2. The third-order valence-electron chi connectivity index (χ3n) is 4.53. The SMILES string of the molecule is CCCC(C)c1cnc2ccccc2c1C(=O)NC(N)=Nc1ccccc1. The molecule has 0 fully saturated rings. The van der Waals surface area contributed by atoms with Crippen LogP contribution in [0.4, 0.5) is 5.69 Å². The van der Waals surface area contributed by atoms with Gasteiger partial charge in [0, 0.05) is 11.6 Å². The van der Waals surface area contributed by atoms with Gasteiger partial charge < -0.3 is 5.73 Å². The van der Waals surface area contributed by atoms with Gasteiger partial charge in [-0.25, -0.2) is 4.99 Å². The molecule has 1 unspecified atom stereocenters. The molecule has 0 bridgehead atoms. The van der Waals surface area contributed by atoms with E-state index in [-0.39, 0.29) is 17.8 Å². The molecule has 138 valence electrons. The fourth-order valence-corrected chi connectivity index (χ4v) is 3.22. The largest absolute Gasteiger partial charge is 0.369 e. The lowest BCUT2D eigenvalue weighted by atomic mass is 9.91. The van der Waals surface area contributed by atoms with Gasteiger partial charge in [0.2, 0.25) is 5.96 Å². The molecule has 5 nitrogen and oxygen atoms in total. The van der Waals surface area contributed by atoms with Gasteiger partial charge in [0.15, 0.2) is 0 Å². The molecular weight excluding hydrogens is 336 g/mol. The average Bonchev–Trinajstić information content (AvgIpc) is 2.67. The summed E-state index contributed by atoms with van der Waals surface area (Å²) in [5.74, 6) is 0.0325. The highest BCUT2D eigenvalue weighted by Gasteiger charge is 2.20. The van der Waals surface area contributed by atoms with Crippen LogP contribution >= 0.6 is 0 Å². The van der Waals surface area contributed by atoms with E-state index in [0.717, 1.165) is 29.3 Å². The smallest absolute Gasteiger partial charge is 0.258 e. The molecule has 0 saturated carbocycles. The standard InChI is InChI=1S/C22H24N4O/c1-3-9-15(2)18-14-24-19-13-8-7-12-17(19)20(18)21(27)26-22(23)25-16-10-5-4-6-11-16/h4-8,10-15H,3,9H2,1-2H3,(H3,23,25,26,27). The number of hydrogen-bond acceptors (Lipinski definition) is 3. The Labute approximate surface area is 159 Å². The van der Waals surface area contributed by atoms with Crippen LogP contribution < -0.4 is 11.1 Å². The first-order valence-electron chi connectivity index (χ1n) is 9.18. The minimum absolute atomic E-state index is 0.0705. The zero-order valence-corrected chi connectivity index (χ0v) is 15.6. The number of nitrogens with zero attached hydrogens (tertiary/aromatic N) is 2. The number of carbonyl (C=O) groups is 1. The highest BCUT2D eigenvalue weighted by Crippen LogP contribution is 2.28. The zero-order valence-electron chi connectivity index (χ0n) is 15.6. The van der Waals surface area contributed by atoms with Crippen LogP contribution in [-0.4, -0.2) is 16.9 Å². The lowest BCUT2D eigenvalue weighted by Gasteiger charge is -2.17. The van der Waals surface area contributed by atoms with Gasteiger partial charge in [0.25, 0.3) is 5.91 Å². The van der Waals surface area contributed by atoms with Crippen molar-refractivity contribution in [3.63, 3.8) is 0 Å². The number of carbonyl (C=O) groups excluding carboxylic acids is 1. The summed E-state index contributed by atoms with van der Waals surface area (Å²) in [6.07, 6.45) is 3.82. The topological polar surface area (TPSA) is 80.4 Å². The molecule has 0 aliphatic carbocycles. The minimum atomic E-state index is -0.260. The Hall–Kier alpha value is -3.21. The number of pyridine rings is 1. The van der Waals surface area contributed by atoms with E-state index in [0.29, 0.717) is 11.3 Å². The van der Waals surface area contributed by atoms with Crippen LogP contribution in [0.2, 0.25) is 0 Å². The Morgan fingerprint density at radius 2 is 1.85 bits per heavy atom. The van der Waals surface area contributed by atoms with E-state index in [4.69, 9.17) is 5.73 Å². The van der Waals surface area contributed by atoms with Crippen molar-refractivity contribution in [2.24, 2.45) is 10.7 Å². The van der Waals surface area contributed by atoms with Gasteiger partial charge in [-0.3, -0.25) is 15.1 Å². The molecule has 5 heteroatoms. The summed E-state index contributed by atoms with van der Waals surface area (Å²) in [6, 6.07) is 17.0. The molecule has 0 aliphatic rings. The van der Waals surface area contributed by atoms with Gasteiger partial charge in [0.1, 0.15) is 0 Å². The first-order chi connectivity index (χ1) is 13.1. The number of hydrogen-bond donors (Lipinski definition) is 2. The highest BCUT2D eigenvalue weighted by atomic mass is 16.1. The molecule has 1 heterocycles. The normalized spacial score (nSPS) is 12.7. The molecule has 0 aliphatic heterocycles. The predicted molar refractivity (Wildman–Crippen MR) is 110 cm³/mol. The van der Waals surface area contributed by atoms with Crippen LogP contribution in [-0.2, 0) is 0 Å². The highest BCUT2D eigenvalue weighted by molar-refractivity contribution is 6.13. The lowest BCUT2D eigenvalue weighted by molar-refractivity contribution is 0.0977. The molecule has 1 amide bonds. The summed E-state index contributed by atoms with van der Waals surface area (Å²) in [5.41, 5.74) is 9.00. The maximum atomic E-state index is 13.1. The Morgan fingerprint density at radius 1 is 1.15 bits per heavy atom. The second kappa shape index (κ2) is 8.45. The molecule has 0 radical (unpaired) electrons. The number of guanidine groups is 1. The van der Waals surface area contributed by atoms with E-state index in [1.54, 1.807) is 0 Å². The molecule has 0 saturated heterocycles. The van der Waals surface area contributed by atoms with Gasteiger partial charge in [-0.05, 0) is 36.1 Å². The quantitative estimate of drug-likeness (QED) is 0.519. The molecule has 0 spiro atoms. The van der Waals surface area contributed by atoms with E-state index in [1.807, 2.05) is 60.8 Å². The Balaban J connectivity index is 1.99. The number of aromatic nitrogens is 1. The second-order valence-electron chi connectivity index (χ2n) is 6.58. The van der Waals surface area contributed by atoms with Crippen molar-refractivity contribution in [3.05, 3.63) is 71.9 Å². The van der Waals surface area contributed by atoms with E-state index >= 15 is 0 Å². The van der Waals surface area contributed by atoms with Crippen molar-refractivity contribution < 1.29 is 4.79 Å². The second-order valence-corrected chi connectivity index (χ2v) is 6.58. The minimum Gasteiger partial charge on any atom is -0.369 e. The molecular formula is C22H24N4O. The summed E-state index contributed by atoms with van der Waals surface area (Å²) < 4.78 is 0. The van der Waals surface area contributed by atoms with Gasteiger partial charge in [-0.15, -0.1) is 0 Å². The van der Waals surface area contributed by atoms with Crippen molar-refractivity contribution in [3.8, 4) is 0 Å². The van der Waals surface area contributed by atoms with Crippen molar-refractivity contribution in [1.29, 1.82) is 0 Å². The third-order valence-corrected chi connectivity index (χ3v) is 4.53. The van der Waals surface area contributed by atoms with Crippen LogP contribution in [0.3, 0.4) is 0 Å². The molecule has 3 aromatic rings. The van der Waals surface area contributed by atoms with Crippen molar-refractivity contribution in [2.45, 2.75) is 32.6 Å². The summed E-state index contributed by atoms with van der Waals surface area (Å²) in [6.45, 7) is 4.25. The summed E-state index contributed by atoms with van der Waals surface area (Å²) in [4.78, 5) is 21.9. The van der Waals surface area contributed by atoms with Crippen molar-refractivity contribution in [2.75, 3.05) is 0 Å². The monoisotopic (exact) mass is 360 g/mol. The Bertz CT molecular complexity index is 966. The summed E-state index contributed by atoms with van der Waals surface area (Å²) in [7, 11) is 0. The maximum Gasteiger partial charge on any atom is 0.258 e. The van der Waals surface area contributed by atoms with Crippen LogP contribution in [0.1, 0.15) is 48.5 Å². The predicted octanol–water partition coefficient (Wildman–Crippen LogP) is 4.51. The molecule has 3 rings (SSSR count). The molecule has 1 aromatic heterocycles. The maximum absolute atomic E-state index is 13.1. The van der Waals surface area contributed by atoms with E-state index in [9.17, 15) is 4.79 Å². The van der Waals surface area contributed by atoms with Gasteiger partial charge in [-0.1, -0.05) is 56.7 Å². The van der Waals surface area contributed by atoms with Crippen LogP contribution in [0, 0.1) is 0 Å². The Morgan fingerprint density at radius 3 is 2.59 bits per heavy atom. The van der Waals surface area contributed by atoms with Gasteiger partial charge >= 0.3 is 0 Å². The van der Waals surface area contributed by atoms with Crippen LogP contribution in [0.5, 0.6) is 0 Å². The number of nitrogens with one attached hydrogen (secondary N) is 1. The number of amides is 1. The van der Waals surface area contributed by atoms with Crippen LogP contribution in [0.25, 0.3) is 10.9 Å². The third kappa shape index (κ3) is 4.31. The fourth-order valence-electron chi connectivity index (χ4n) is 3.22. The zero-order chi connectivity index (χ0) is 19.2. The van der Waals surface area contributed by atoms with Crippen molar-refractivity contribution >= 4 is 28.5 Å². The van der Waals surface area contributed by atoms with Crippen molar-refractivity contribution in [1.82, 2.24) is 10.3 Å². The fraction of sp³-hybridized carbons (Fsp3) is 0.227. The first kappa shape index (κ1) is 18.6.